The molecular weight excluding hydrogens is 350 g/mol. The normalized spacial score (nSPS) is 17.1. The quantitative estimate of drug-likeness (QED) is 0.838. The second-order valence-corrected chi connectivity index (χ2v) is 7.29. The standard InChI is InChI=1S/C19H17N3OS2/c1-12-16(18(23)22-13-7-4-3-5-8-13)17(15-9-6-10-25-15)14(11-20)19(21-12)24-2/h3-10,17,21H,1-2H3,(H,22,23)/t17-/m0/s1. The first kappa shape index (κ1) is 17.3. The summed E-state index contributed by atoms with van der Waals surface area (Å²) >= 11 is 3.04. The fourth-order valence-electron chi connectivity index (χ4n) is 2.83. The Hall–Kier alpha value is -2.49. The highest BCUT2D eigenvalue weighted by atomic mass is 32.2. The lowest BCUT2D eigenvalue weighted by molar-refractivity contribution is -0.113. The zero-order valence-corrected chi connectivity index (χ0v) is 15.5. The Labute approximate surface area is 155 Å². The van der Waals surface area contributed by atoms with Gasteiger partial charge >= 0.3 is 0 Å². The first-order valence-corrected chi connectivity index (χ1v) is 9.82. The van der Waals surface area contributed by atoms with Crippen LogP contribution in [0.2, 0.25) is 0 Å². The summed E-state index contributed by atoms with van der Waals surface area (Å²) in [6.45, 7) is 1.88. The molecule has 1 aliphatic heterocycles. The molecule has 0 saturated carbocycles. The van der Waals surface area contributed by atoms with Crippen molar-refractivity contribution in [2.75, 3.05) is 11.6 Å². The molecule has 0 aliphatic carbocycles. The smallest absolute Gasteiger partial charge is 0.254 e. The number of para-hydroxylation sites is 1. The van der Waals surface area contributed by atoms with Crippen LogP contribution in [0.4, 0.5) is 5.69 Å². The van der Waals surface area contributed by atoms with Crippen LogP contribution in [0.5, 0.6) is 0 Å². The van der Waals surface area contributed by atoms with Crippen LogP contribution >= 0.6 is 23.1 Å². The molecule has 2 aromatic rings. The first-order chi connectivity index (χ1) is 12.2. The van der Waals surface area contributed by atoms with Crippen LogP contribution in [-0.4, -0.2) is 12.2 Å². The number of dihydropyridines is 1. The van der Waals surface area contributed by atoms with Crippen molar-refractivity contribution in [3.8, 4) is 6.07 Å². The van der Waals surface area contributed by atoms with Crippen LogP contribution in [0, 0.1) is 11.3 Å². The van der Waals surface area contributed by atoms with Crippen molar-refractivity contribution in [1.29, 1.82) is 5.26 Å². The summed E-state index contributed by atoms with van der Waals surface area (Å²) in [7, 11) is 0. The predicted molar refractivity (Wildman–Crippen MR) is 104 cm³/mol. The lowest BCUT2D eigenvalue weighted by atomic mass is 9.86. The van der Waals surface area contributed by atoms with Crippen molar-refractivity contribution in [3.05, 3.63) is 74.6 Å². The zero-order chi connectivity index (χ0) is 17.8. The summed E-state index contributed by atoms with van der Waals surface area (Å²) in [5.74, 6) is -0.542. The number of hydrogen-bond acceptors (Lipinski definition) is 5. The van der Waals surface area contributed by atoms with Crippen molar-refractivity contribution in [2.24, 2.45) is 0 Å². The van der Waals surface area contributed by atoms with Gasteiger partial charge in [-0.25, -0.2) is 0 Å². The lowest BCUT2D eigenvalue weighted by Gasteiger charge is -2.28. The van der Waals surface area contributed by atoms with E-state index in [2.05, 4.69) is 16.7 Å². The number of allylic oxidation sites excluding steroid dienone is 2. The highest BCUT2D eigenvalue weighted by Crippen LogP contribution is 2.41. The highest BCUT2D eigenvalue weighted by Gasteiger charge is 2.34. The van der Waals surface area contributed by atoms with E-state index in [1.54, 1.807) is 11.3 Å². The van der Waals surface area contributed by atoms with Gasteiger partial charge in [-0.1, -0.05) is 24.3 Å². The topological polar surface area (TPSA) is 64.9 Å². The minimum atomic E-state index is -0.350. The van der Waals surface area contributed by atoms with Gasteiger partial charge in [0.05, 0.1) is 22.6 Å². The average molecular weight is 367 g/mol. The molecule has 4 nitrogen and oxygen atoms in total. The summed E-state index contributed by atoms with van der Waals surface area (Å²) in [5, 5.41) is 18.7. The third-order valence-corrected chi connectivity index (χ3v) is 5.62. The van der Waals surface area contributed by atoms with E-state index in [1.165, 1.54) is 11.8 Å². The van der Waals surface area contributed by atoms with Gasteiger partial charge in [0, 0.05) is 21.8 Å². The summed E-state index contributed by atoms with van der Waals surface area (Å²) in [6, 6.07) is 15.6. The predicted octanol–water partition coefficient (Wildman–Crippen LogP) is 4.45. The van der Waals surface area contributed by atoms with E-state index < -0.39 is 0 Å². The van der Waals surface area contributed by atoms with Gasteiger partial charge in [-0.2, -0.15) is 5.26 Å². The van der Waals surface area contributed by atoms with Gasteiger partial charge in [0.1, 0.15) is 0 Å². The summed E-state index contributed by atoms with van der Waals surface area (Å²) in [6.07, 6.45) is 1.92. The Morgan fingerprint density at radius 3 is 2.64 bits per heavy atom. The number of anilines is 1. The highest BCUT2D eigenvalue weighted by molar-refractivity contribution is 8.02. The fraction of sp³-hybridized carbons (Fsp3) is 0.158. The number of benzene rings is 1. The van der Waals surface area contributed by atoms with Gasteiger partial charge < -0.3 is 10.6 Å². The number of hydrogen-bond donors (Lipinski definition) is 2. The largest absolute Gasteiger partial charge is 0.353 e. The number of nitrogens with zero attached hydrogens (tertiary/aromatic N) is 1. The van der Waals surface area contributed by atoms with Crippen LogP contribution in [-0.2, 0) is 4.79 Å². The van der Waals surface area contributed by atoms with Crippen LogP contribution in [0.25, 0.3) is 0 Å². The Bertz CT molecular complexity index is 877. The molecule has 0 fully saturated rings. The molecule has 6 heteroatoms. The third-order valence-electron chi connectivity index (χ3n) is 3.96. The summed E-state index contributed by atoms with van der Waals surface area (Å²) in [4.78, 5) is 14.0. The second kappa shape index (κ2) is 7.60. The minimum absolute atomic E-state index is 0.192. The molecule has 1 aliphatic rings. The number of carbonyl (C=O) groups is 1. The SMILES string of the molecule is CSC1=C(C#N)[C@@H](c2cccs2)C(C(=O)Nc2ccccc2)=C(C)N1. The molecule has 2 heterocycles. The Morgan fingerprint density at radius 1 is 1.28 bits per heavy atom. The van der Waals surface area contributed by atoms with Crippen LogP contribution < -0.4 is 10.6 Å². The number of thiophene rings is 1. The average Bonchev–Trinajstić information content (AvgIpc) is 3.15. The van der Waals surface area contributed by atoms with Crippen molar-refractivity contribution in [1.82, 2.24) is 5.32 Å². The van der Waals surface area contributed by atoms with Gasteiger partial charge in [0.25, 0.3) is 5.91 Å². The maximum absolute atomic E-state index is 13.0. The van der Waals surface area contributed by atoms with E-state index >= 15 is 0 Å². The number of nitrogens with one attached hydrogen (secondary N) is 2. The van der Waals surface area contributed by atoms with Gasteiger partial charge in [0.2, 0.25) is 0 Å². The van der Waals surface area contributed by atoms with Crippen molar-refractivity contribution >= 4 is 34.7 Å². The molecule has 1 atom stereocenters. The van der Waals surface area contributed by atoms with Gasteiger partial charge in [-0.3, -0.25) is 4.79 Å². The molecule has 0 unspecified atom stereocenters. The molecule has 0 radical (unpaired) electrons. The van der Waals surface area contributed by atoms with Crippen LogP contribution in [0.3, 0.4) is 0 Å². The fourth-order valence-corrected chi connectivity index (χ4v) is 4.32. The third kappa shape index (κ3) is 3.48. The van der Waals surface area contributed by atoms with Gasteiger partial charge in [0.15, 0.2) is 0 Å². The number of thioether (sulfide) groups is 1. The monoisotopic (exact) mass is 367 g/mol. The van der Waals surface area contributed by atoms with Crippen molar-refractivity contribution in [2.45, 2.75) is 12.8 Å². The summed E-state index contributed by atoms with van der Waals surface area (Å²) in [5.41, 5.74) is 2.67. The molecule has 126 valence electrons. The Kier molecular flexibility index (Phi) is 5.27. The van der Waals surface area contributed by atoms with Gasteiger partial charge in [-0.05, 0) is 36.8 Å². The second-order valence-electron chi connectivity index (χ2n) is 5.49. The Morgan fingerprint density at radius 2 is 2.04 bits per heavy atom. The van der Waals surface area contributed by atoms with E-state index in [0.717, 1.165) is 21.3 Å². The summed E-state index contributed by atoms with van der Waals surface area (Å²) < 4.78 is 0. The van der Waals surface area contributed by atoms with Crippen LogP contribution in [0.1, 0.15) is 17.7 Å². The minimum Gasteiger partial charge on any atom is -0.353 e. The number of nitriles is 1. The lowest BCUT2D eigenvalue weighted by Crippen LogP contribution is -2.30. The van der Waals surface area contributed by atoms with E-state index in [1.807, 2.05) is 61.0 Å². The molecule has 0 saturated heterocycles. The van der Waals surface area contributed by atoms with E-state index in [-0.39, 0.29) is 11.8 Å². The molecule has 1 aromatic carbocycles. The Balaban J connectivity index is 2.03. The first-order valence-electron chi connectivity index (χ1n) is 7.71. The number of rotatable bonds is 4. The van der Waals surface area contributed by atoms with E-state index in [9.17, 15) is 10.1 Å². The van der Waals surface area contributed by atoms with E-state index in [4.69, 9.17) is 0 Å². The molecule has 25 heavy (non-hydrogen) atoms. The number of amides is 1. The molecule has 1 amide bonds. The molecule has 1 aromatic heterocycles. The van der Waals surface area contributed by atoms with Gasteiger partial charge in [-0.15, -0.1) is 23.1 Å². The maximum Gasteiger partial charge on any atom is 0.254 e. The maximum atomic E-state index is 13.0. The van der Waals surface area contributed by atoms with Crippen molar-refractivity contribution in [3.63, 3.8) is 0 Å². The van der Waals surface area contributed by atoms with E-state index in [0.29, 0.717) is 11.1 Å². The molecule has 0 bridgehead atoms. The molecule has 2 N–H and O–H groups in total. The number of carbonyl (C=O) groups excluding carboxylic acids is 1. The van der Waals surface area contributed by atoms with Crippen LogP contribution in [0.15, 0.2) is 69.7 Å². The molecule has 3 rings (SSSR count). The zero-order valence-electron chi connectivity index (χ0n) is 13.9. The molecular formula is C19H17N3OS2. The van der Waals surface area contributed by atoms with Crippen molar-refractivity contribution < 1.29 is 4.79 Å². The molecule has 0 spiro atoms.